The Bertz CT molecular complexity index is 455. The first-order valence-electron chi connectivity index (χ1n) is 5.48. The van der Waals surface area contributed by atoms with Crippen LogP contribution >= 0.6 is 11.6 Å². The third kappa shape index (κ3) is 2.49. The third-order valence-corrected chi connectivity index (χ3v) is 2.82. The lowest BCUT2D eigenvalue weighted by molar-refractivity contribution is -0.116. The Balaban J connectivity index is 2.52. The molecule has 0 unspecified atom stereocenters. The summed E-state index contributed by atoms with van der Waals surface area (Å²) in [4.78, 5) is 21.8. The van der Waals surface area contributed by atoms with Crippen LogP contribution in [0.25, 0.3) is 0 Å². The van der Waals surface area contributed by atoms with Crippen molar-refractivity contribution in [3.63, 3.8) is 0 Å². The number of nitrogens with one attached hydrogen (secondary N) is 1. The highest BCUT2D eigenvalue weighted by atomic mass is 35.5. The fourth-order valence-corrected chi connectivity index (χ4v) is 1.96. The highest BCUT2D eigenvalue weighted by Gasteiger charge is 2.29. The Kier molecular flexibility index (Phi) is 2.95. The SMILES string of the molecule is CC(C)(C)N1CCC(=O)Nc2cnc(Cl)nc21. The van der Waals surface area contributed by atoms with Gasteiger partial charge in [0, 0.05) is 18.5 Å². The van der Waals surface area contributed by atoms with Crippen molar-refractivity contribution in [1.29, 1.82) is 0 Å². The third-order valence-electron chi connectivity index (χ3n) is 2.64. The van der Waals surface area contributed by atoms with Gasteiger partial charge in [-0.25, -0.2) is 4.98 Å². The van der Waals surface area contributed by atoms with Crippen LogP contribution in [0.4, 0.5) is 11.5 Å². The van der Waals surface area contributed by atoms with Crippen LogP contribution < -0.4 is 10.2 Å². The molecule has 2 rings (SSSR count). The molecule has 1 aromatic heterocycles. The summed E-state index contributed by atoms with van der Waals surface area (Å²) >= 11 is 5.82. The molecule has 0 bridgehead atoms. The van der Waals surface area contributed by atoms with Gasteiger partial charge in [-0.3, -0.25) is 4.79 Å². The number of nitrogens with zero attached hydrogens (tertiary/aromatic N) is 3. The first kappa shape index (κ1) is 12.1. The Hall–Kier alpha value is -1.36. The number of carbonyl (C=O) groups excluding carboxylic acids is 1. The second-order valence-electron chi connectivity index (χ2n) is 5.00. The molecular weight excluding hydrogens is 240 g/mol. The van der Waals surface area contributed by atoms with E-state index >= 15 is 0 Å². The first-order chi connectivity index (χ1) is 7.88. The zero-order chi connectivity index (χ0) is 12.6. The van der Waals surface area contributed by atoms with Crippen LogP contribution in [0.1, 0.15) is 27.2 Å². The van der Waals surface area contributed by atoms with Crippen molar-refractivity contribution in [2.75, 3.05) is 16.8 Å². The number of aromatic nitrogens is 2. The fraction of sp³-hybridized carbons (Fsp3) is 0.545. The van der Waals surface area contributed by atoms with Crippen molar-refractivity contribution in [3.8, 4) is 0 Å². The largest absolute Gasteiger partial charge is 0.349 e. The van der Waals surface area contributed by atoms with E-state index in [1.54, 1.807) is 6.20 Å². The number of carbonyl (C=O) groups is 1. The molecule has 92 valence electrons. The number of anilines is 2. The van der Waals surface area contributed by atoms with E-state index in [-0.39, 0.29) is 16.7 Å². The molecular formula is C11H15ClN4O. The number of rotatable bonds is 0. The first-order valence-corrected chi connectivity index (χ1v) is 5.86. The summed E-state index contributed by atoms with van der Waals surface area (Å²) in [5, 5.41) is 2.98. The maximum atomic E-state index is 11.6. The summed E-state index contributed by atoms with van der Waals surface area (Å²) in [6.45, 7) is 6.84. The smallest absolute Gasteiger partial charge is 0.226 e. The molecule has 2 heterocycles. The van der Waals surface area contributed by atoms with E-state index in [9.17, 15) is 4.79 Å². The average Bonchev–Trinajstić information content (AvgIpc) is 2.35. The van der Waals surface area contributed by atoms with E-state index in [4.69, 9.17) is 11.6 Å². The van der Waals surface area contributed by atoms with Crippen LogP contribution in [-0.2, 0) is 4.79 Å². The van der Waals surface area contributed by atoms with E-state index in [2.05, 4.69) is 41.0 Å². The van der Waals surface area contributed by atoms with E-state index < -0.39 is 0 Å². The predicted octanol–water partition coefficient (Wildman–Crippen LogP) is 2.08. The number of fused-ring (bicyclic) bond motifs is 1. The van der Waals surface area contributed by atoms with Crippen LogP contribution in [0, 0.1) is 0 Å². The monoisotopic (exact) mass is 254 g/mol. The molecule has 0 saturated heterocycles. The molecule has 0 atom stereocenters. The highest BCUT2D eigenvalue weighted by Crippen LogP contribution is 2.31. The predicted molar refractivity (Wildman–Crippen MR) is 67.4 cm³/mol. The Morgan fingerprint density at radius 2 is 2.18 bits per heavy atom. The van der Waals surface area contributed by atoms with Gasteiger partial charge in [0.25, 0.3) is 0 Å². The molecule has 1 amide bonds. The molecule has 17 heavy (non-hydrogen) atoms. The molecule has 0 aromatic carbocycles. The van der Waals surface area contributed by atoms with Crippen molar-refractivity contribution < 1.29 is 4.79 Å². The standard InChI is InChI=1S/C11H15ClN4O/c1-11(2,3)16-5-4-8(17)14-7-6-13-10(12)15-9(7)16/h6H,4-5H2,1-3H3,(H,14,17). The van der Waals surface area contributed by atoms with E-state index in [0.29, 0.717) is 24.5 Å². The lowest BCUT2D eigenvalue weighted by atomic mass is 10.1. The van der Waals surface area contributed by atoms with Gasteiger partial charge in [0.1, 0.15) is 5.69 Å². The number of hydrogen-bond donors (Lipinski definition) is 1. The van der Waals surface area contributed by atoms with Crippen LogP contribution in [0.15, 0.2) is 6.20 Å². The topological polar surface area (TPSA) is 58.1 Å². The lowest BCUT2D eigenvalue weighted by Gasteiger charge is -2.36. The number of hydrogen-bond acceptors (Lipinski definition) is 4. The summed E-state index contributed by atoms with van der Waals surface area (Å²) < 4.78 is 0. The maximum Gasteiger partial charge on any atom is 0.226 e. The molecule has 0 fully saturated rings. The zero-order valence-corrected chi connectivity index (χ0v) is 10.9. The molecule has 1 aromatic rings. The summed E-state index contributed by atoms with van der Waals surface area (Å²) in [6, 6.07) is 0. The Morgan fingerprint density at radius 3 is 2.82 bits per heavy atom. The zero-order valence-electron chi connectivity index (χ0n) is 10.1. The van der Waals surface area contributed by atoms with Crippen molar-refractivity contribution in [2.45, 2.75) is 32.7 Å². The molecule has 0 radical (unpaired) electrons. The van der Waals surface area contributed by atoms with Gasteiger partial charge in [0.05, 0.1) is 6.20 Å². The molecule has 5 nitrogen and oxygen atoms in total. The molecule has 1 aliphatic rings. The molecule has 0 aliphatic carbocycles. The van der Waals surface area contributed by atoms with Gasteiger partial charge >= 0.3 is 0 Å². The van der Waals surface area contributed by atoms with Gasteiger partial charge in [-0.15, -0.1) is 0 Å². The van der Waals surface area contributed by atoms with Gasteiger partial charge in [-0.1, -0.05) is 0 Å². The molecule has 1 N–H and O–H groups in total. The number of amides is 1. The van der Waals surface area contributed by atoms with Gasteiger partial charge in [-0.2, -0.15) is 4.98 Å². The van der Waals surface area contributed by atoms with Crippen LogP contribution in [0.2, 0.25) is 5.28 Å². The lowest BCUT2D eigenvalue weighted by Crippen LogP contribution is -2.42. The average molecular weight is 255 g/mol. The highest BCUT2D eigenvalue weighted by molar-refractivity contribution is 6.28. The van der Waals surface area contributed by atoms with E-state index in [1.165, 1.54) is 0 Å². The van der Waals surface area contributed by atoms with Gasteiger partial charge in [-0.05, 0) is 32.4 Å². The summed E-state index contributed by atoms with van der Waals surface area (Å²) in [7, 11) is 0. The van der Waals surface area contributed by atoms with Gasteiger partial charge in [0.15, 0.2) is 5.82 Å². The van der Waals surface area contributed by atoms with Crippen molar-refractivity contribution in [3.05, 3.63) is 11.5 Å². The molecule has 0 saturated carbocycles. The van der Waals surface area contributed by atoms with Gasteiger partial charge in [0.2, 0.25) is 11.2 Å². The van der Waals surface area contributed by atoms with Crippen LogP contribution in [0.3, 0.4) is 0 Å². The van der Waals surface area contributed by atoms with Crippen LogP contribution in [-0.4, -0.2) is 28.0 Å². The second-order valence-corrected chi connectivity index (χ2v) is 5.34. The fourth-order valence-electron chi connectivity index (χ4n) is 1.83. The maximum absolute atomic E-state index is 11.6. The van der Waals surface area contributed by atoms with Crippen molar-refractivity contribution in [1.82, 2.24) is 9.97 Å². The quantitative estimate of drug-likeness (QED) is 0.720. The van der Waals surface area contributed by atoms with Crippen molar-refractivity contribution >= 4 is 29.0 Å². The minimum absolute atomic E-state index is 0.0241. The Labute approximate surface area is 105 Å². The Morgan fingerprint density at radius 1 is 1.47 bits per heavy atom. The van der Waals surface area contributed by atoms with Gasteiger partial charge < -0.3 is 10.2 Å². The van der Waals surface area contributed by atoms with Crippen LogP contribution in [0.5, 0.6) is 0 Å². The number of halogens is 1. The minimum Gasteiger partial charge on any atom is -0.349 e. The molecule has 6 heteroatoms. The van der Waals surface area contributed by atoms with E-state index in [0.717, 1.165) is 0 Å². The minimum atomic E-state index is -0.126. The van der Waals surface area contributed by atoms with Crippen molar-refractivity contribution in [2.24, 2.45) is 0 Å². The molecule has 1 aliphatic heterocycles. The summed E-state index contributed by atoms with van der Waals surface area (Å²) in [5.74, 6) is 0.660. The van der Waals surface area contributed by atoms with E-state index in [1.807, 2.05) is 0 Å². The normalized spacial score (nSPS) is 16.2. The summed E-state index contributed by atoms with van der Waals surface area (Å²) in [6.07, 6.45) is 1.98. The molecule has 0 spiro atoms. The second kappa shape index (κ2) is 4.14. The summed E-state index contributed by atoms with van der Waals surface area (Å²) in [5.41, 5.74) is 0.491.